The van der Waals surface area contributed by atoms with Crippen LogP contribution in [0.15, 0.2) is 18.2 Å². The first kappa shape index (κ1) is 20.1. The molecule has 1 rings (SSSR count). The molecule has 0 aliphatic carbocycles. The van der Waals surface area contributed by atoms with E-state index >= 15 is 0 Å². The Morgan fingerprint density at radius 1 is 1.30 bits per heavy atom. The summed E-state index contributed by atoms with van der Waals surface area (Å²) in [7, 11) is -3.56. The lowest BCUT2D eigenvalue weighted by Crippen LogP contribution is -2.35. The molecule has 0 aliphatic heterocycles. The molecule has 0 unspecified atom stereocenters. The van der Waals surface area contributed by atoms with E-state index in [1.807, 2.05) is 0 Å². The Morgan fingerprint density at radius 2 is 1.96 bits per heavy atom. The quantitative estimate of drug-likeness (QED) is 0.751. The average Bonchev–Trinajstić information content (AvgIpc) is 2.39. The second-order valence-corrected chi connectivity index (χ2v) is 8.46. The molecule has 0 fully saturated rings. The van der Waals surface area contributed by atoms with Crippen LogP contribution in [0.1, 0.15) is 26.7 Å². The molecule has 0 bridgehead atoms. The SMILES string of the molecule is CC(C)CCNC(=O)CCN(c1ccc(Cl)cc1Cl)S(C)(=O)=O. The monoisotopic (exact) mass is 380 g/mol. The average molecular weight is 381 g/mol. The van der Waals surface area contributed by atoms with Crippen LogP contribution >= 0.6 is 23.2 Å². The van der Waals surface area contributed by atoms with Crippen molar-refractivity contribution >= 4 is 44.8 Å². The summed E-state index contributed by atoms with van der Waals surface area (Å²) in [5.74, 6) is 0.306. The molecule has 0 aliphatic rings. The van der Waals surface area contributed by atoms with Crippen molar-refractivity contribution in [2.45, 2.75) is 26.7 Å². The maximum atomic E-state index is 12.0. The van der Waals surface area contributed by atoms with Crippen molar-refractivity contribution in [1.82, 2.24) is 5.32 Å². The number of carbonyl (C=O) groups excluding carboxylic acids is 1. The van der Waals surface area contributed by atoms with Crippen LogP contribution in [0.3, 0.4) is 0 Å². The van der Waals surface area contributed by atoms with Crippen LogP contribution in [0.2, 0.25) is 10.0 Å². The Balaban J connectivity index is 2.76. The molecule has 5 nitrogen and oxygen atoms in total. The predicted octanol–water partition coefficient (Wildman–Crippen LogP) is 3.31. The van der Waals surface area contributed by atoms with Crippen LogP contribution in [-0.4, -0.2) is 33.7 Å². The number of nitrogens with one attached hydrogen (secondary N) is 1. The van der Waals surface area contributed by atoms with Gasteiger partial charge >= 0.3 is 0 Å². The fourth-order valence-corrected chi connectivity index (χ4v) is 3.44. The summed E-state index contributed by atoms with van der Waals surface area (Å²) in [6.45, 7) is 4.74. The largest absolute Gasteiger partial charge is 0.356 e. The number of benzene rings is 1. The predicted molar refractivity (Wildman–Crippen MR) is 95.7 cm³/mol. The van der Waals surface area contributed by atoms with E-state index in [0.29, 0.717) is 23.2 Å². The smallest absolute Gasteiger partial charge is 0.232 e. The molecule has 0 saturated carbocycles. The van der Waals surface area contributed by atoms with E-state index in [1.54, 1.807) is 6.07 Å². The van der Waals surface area contributed by atoms with Gasteiger partial charge in [0.15, 0.2) is 0 Å². The van der Waals surface area contributed by atoms with Crippen molar-refractivity contribution in [3.63, 3.8) is 0 Å². The zero-order valence-electron chi connectivity index (χ0n) is 13.5. The van der Waals surface area contributed by atoms with E-state index in [9.17, 15) is 13.2 Å². The lowest BCUT2D eigenvalue weighted by molar-refractivity contribution is -0.120. The molecule has 0 heterocycles. The maximum Gasteiger partial charge on any atom is 0.232 e. The summed E-state index contributed by atoms with van der Waals surface area (Å²) in [6, 6.07) is 4.56. The van der Waals surface area contributed by atoms with E-state index in [0.717, 1.165) is 17.0 Å². The van der Waals surface area contributed by atoms with Crippen molar-refractivity contribution in [3.8, 4) is 0 Å². The van der Waals surface area contributed by atoms with Gasteiger partial charge in [-0.05, 0) is 30.5 Å². The fourth-order valence-electron chi connectivity index (χ4n) is 1.94. The highest BCUT2D eigenvalue weighted by Crippen LogP contribution is 2.30. The molecular formula is C15H22Cl2N2O3S. The first-order valence-corrected chi connectivity index (χ1v) is 9.91. The number of anilines is 1. The van der Waals surface area contributed by atoms with Crippen LogP contribution < -0.4 is 9.62 Å². The molecule has 1 aromatic rings. The third kappa shape index (κ3) is 6.97. The number of nitrogens with zero attached hydrogens (tertiary/aromatic N) is 1. The van der Waals surface area contributed by atoms with Gasteiger partial charge in [-0.3, -0.25) is 9.10 Å². The minimum atomic E-state index is -3.56. The van der Waals surface area contributed by atoms with Gasteiger partial charge in [-0.1, -0.05) is 37.0 Å². The van der Waals surface area contributed by atoms with Crippen LogP contribution in [0.5, 0.6) is 0 Å². The van der Waals surface area contributed by atoms with Crippen molar-refractivity contribution in [2.24, 2.45) is 5.92 Å². The van der Waals surface area contributed by atoms with Crippen molar-refractivity contribution in [1.29, 1.82) is 0 Å². The topological polar surface area (TPSA) is 66.5 Å². The number of hydrogen-bond donors (Lipinski definition) is 1. The Bertz CT molecular complexity index is 648. The number of sulfonamides is 1. The molecule has 1 N–H and O–H groups in total. The molecule has 0 atom stereocenters. The molecular weight excluding hydrogens is 359 g/mol. The minimum Gasteiger partial charge on any atom is -0.356 e. The molecule has 0 aromatic heterocycles. The van der Waals surface area contributed by atoms with Crippen molar-refractivity contribution < 1.29 is 13.2 Å². The van der Waals surface area contributed by atoms with Crippen LogP contribution in [0.25, 0.3) is 0 Å². The molecule has 1 aromatic carbocycles. The van der Waals surface area contributed by atoms with E-state index in [1.165, 1.54) is 12.1 Å². The van der Waals surface area contributed by atoms with Gasteiger partial charge < -0.3 is 5.32 Å². The van der Waals surface area contributed by atoms with E-state index in [4.69, 9.17) is 23.2 Å². The molecule has 23 heavy (non-hydrogen) atoms. The third-order valence-electron chi connectivity index (χ3n) is 3.16. The summed E-state index contributed by atoms with van der Waals surface area (Å²) in [5.41, 5.74) is 0.313. The molecule has 8 heteroatoms. The molecule has 1 amide bonds. The second kappa shape index (κ2) is 8.76. The summed E-state index contributed by atoms with van der Waals surface area (Å²) < 4.78 is 25.1. The number of rotatable bonds is 8. The van der Waals surface area contributed by atoms with E-state index < -0.39 is 10.0 Å². The van der Waals surface area contributed by atoms with Gasteiger partial charge in [0.2, 0.25) is 15.9 Å². The summed E-state index contributed by atoms with van der Waals surface area (Å²) >= 11 is 11.9. The van der Waals surface area contributed by atoms with Crippen molar-refractivity contribution in [3.05, 3.63) is 28.2 Å². The second-order valence-electron chi connectivity index (χ2n) is 5.71. The number of hydrogen-bond acceptors (Lipinski definition) is 3. The first-order chi connectivity index (χ1) is 10.6. The Hall–Kier alpha value is -0.980. The number of amides is 1. The molecule has 0 radical (unpaired) electrons. The summed E-state index contributed by atoms with van der Waals surface area (Å²) in [5, 5.41) is 3.42. The van der Waals surface area contributed by atoms with Gasteiger partial charge in [0.1, 0.15) is 0 Å². The number of halogens is 2. The highest BCUT2D eigenvalue weighted by Gasteiger charge is 2.21. The Labute approximate surface area is 148 Å². The summed E-state index contributed by atoms with van der Waals surface area (Å²) in [4.78, 5) is 11.8. The highest BCUT2D eigenvalue weighted by atomic mass is 35.5. The minimum absolute atomic E-state index is 0.0215. The van der Waals surface area contributed by atoms with Gasteiger partial charge in [-0.2, -0.15) is 0 Å². The lowest BCUT2D eigenvalue weighted by atomic mass is 10.1. The standard InChI is InChI=1S/C15H22Cl2N2O3S/c1-11(2)6-8-18-15(20)7-9-19(23(3,21)22)14-5-4-12(16)10-13(14)17/h4-5,10-11H,6-9H2,1-3H3,(H,18,20). The molecule has 0 spiro atoms. The Morgan fingerprint density at radius 3 is 2.48 bits per heavy atom. The fraction of sp³-hybridized carbons (Fsp3) is 0.533. The highest BCUT2D eigenvalue weighted by molar-refractivity contribution is 7.92. The maximum absolute atomic E-state index is 12.0. The lowest BCUT2D eigenvalue weighted by Gasteiger charge is -2.23. The van der Waals surface area contributed by atoms with E-state index in [2.05, 4.69) is 19.2 Å². The third-order valence-corrected chi connectivity index (χ3v) is 4.88. The van der Waals surface area contributed by atoms with E-state index in [-0.39, 0.29) is 23.9 Å². The van der Waals surface area contributed by atoms with Gasteiger partial charge in [-0.15, -0.1) is 0 Å². The Kier molecular flexibility index (Phi) is 7.64. The first-order valence-electron chi connectivity index (χ1n) is 7.30. The number of carbonyl (C=O) groups is 1. The van der Waals surface area contributed by atoms with Gasteiger partial charge in [-0.25, -0.2) is 8.42 Å². The van der Waals surface area contributed by atoms with Crippen LogP contribution in [0.4, 0.5) is 5.69 Å². The normalized spacial score (nSPS) is 11.6. The molecule has 130 valence electrons. The van der Waals surface area contributed by atoms with Gasteiger partial charge in [0.25, 0.3) is 0 Å². The summed E-state index contributed by atoms with van der Waals surface area (Å²) in [6.07, 6.45) is 2.02. The zero-order valence-corrected chi connectivity index (χ0v) is 15.8. The van der Waals surface area contributed by atoms with Crippen LogP contribution in [-0.2, 0) is 14.8 Å². The zero-order chi connectivity index (χ0) is 17.6. The van der Waals surface area contributed by atoms with Crippen molar-refractivity contribution in [2.75, 3.05) is 23.7 Å². The molecule has 0 saturated heterocycles. The van der Waals surface area contributed by atoms with Gasteiger partial charge in [0.05, 0.1) is 17.0 Å². The van der Waals surface area contributed by atoms with Gasteiger partial charge in [0, 0.05) is 24.5 Å². The van der Waals surface area contributed by atoms with Crippen LogP contribution in [0, 0.1) is 5.92 Å².